The number of rotatable bonds is 6. The number of hydrogen-bond donors (Lipinski definition) is 1. The van der Waals surface area contributed by atoms with Crippen LogP contribution in [0.25, 0.3) is 0 Å². The lowest BCUT2D eigenvalue weighted by molar-refractivity contribution is 0.640. The molecule has 0 unspecified atom stereocenters. The molecule has 0 aromatic heterocycles. The van der Waals surface area contributed by atoms with Crippen LogP contribution in [0, 0.1) is 0 Å². The van der Waals surface area contributed by atoms with Gasteiger partial charge >= 0.3 is 0 Å². The fourth-order valence-electron chi connectivity index (χ4n) is 1.31. The van der Waals surface area contributed by atoms with E-state index in [2.05, 4.69) is 52.4 Å². The van der Waals surface area contributed by atoms with Crippen LogP contribution in [0.4, 0.5) is 0 Å². The van der Waals surface area contributed by atoms with Crippen molar-refractivity contribution in [3.05, 3.63) is 34.3 Å². The average molecular weight is 256 g/mol. The number of nitrogens with one attached hydrogen (secondary N) is 1. The first kappa shape index (κ1) is 11.7. The summed E-state index contributed by atoms with van der Waals surface area (Å²) in [6, 6.07) is 8.54. The maximum atomic E-state index is 3.44. The normalized spacial score (nSPS) is 10.4. The Morgan fingerprint density at radius 3 is 2.50 bits per heavy atom. The highest BCUT2D eigenvalue weighted by molar-refractivity contribution is 9.10. The molecular formula is C12H18BrN. The largest absolute Gasteiger partial charge is 0.316 e. The van der Waals surface area contributed by atoms with Gasteiger partial charge in [0.15, 0.2) is 0 Å². The highest BCUT2D eigenvalue weighted by Gasteiger charge is 1.92. The van der Waals surface area contributed by atoms with Crippen molar-refractivity contribution in [1.29, 1.82) is 0 Å². The van der Waals surface area contributed by atoms with Gasteiger partial charge in [-0.25, -0.2) is 0 Å². The summed E-state index contributed by atoms with van der Waals surface area (Å²) in [5.41, 5.74) is 1.40. The lowest BCUT2D eigenvalue weighted by Gasteiger charge is -2.03. The summed E-state index contributed by atoms with van der Waals surface area (Å²) in [6.07, 6.45) is 3.67. The molecule has 0 heterocycles. The van der Waals surface area contributed by atoms with Crippen LogP contribution in [-0.2, 0) is 6.42 Å². The van der Waals surface area contributed by atoms with E-state index in [1.54, 1.807) is 0 Å². The maximum Gasteiger partial charge on any atom is 0.0175 e. The van der Waals surface area contributed by atoms with Gasteiger partial charge in [-0.15, -0.1) is 0 Å². The fraction of sp³-hybridized carbons (Fsp3) is 0.500. The lowest BCUT2D eigenvalue weighted by atomic mass is 10.1. The Morgan fingerprint density at radius 1 is 1.14 bits per heavy atom. The molecule has 1 nitrogen and oxygen atoms in total. The van der Waals surface area contributed by atoms with Gasteiger partial charge in [0, 0.05) is 4.47 Å². The Morgan fingerprint density at radius 2 is 1.86 bits per heavy atom. The van der Waals surface area contributed by atoms with Crippen molar-refractivity contribution in [2.75, 3.05) is 13.1 Å². The first-order valence-electron chi connectivity index (χ1n) is 5.28. The molecule has 0 fully saturated rings. The molecule has 0 aliphatic heterocycles. The van der Waals surface area contributed by atoms with E-state index in [-0.39, 0.29) is 0 Å². The SMILES string of the molecule is CCCCNCCc1ccc(Br)cc1. The van der Waals surface area contributed by atoms with E-state index in [1.807, 2.05) is 0 Å². The van der Waals surface area contributed by atoms with Crippen LogP contribution in [0.5, 0.6) is 0 Å². The van der Waals surface area contributed by atoms with E-state index < -0.39 is 0 Å². The molecule has 0 radical (unpaired) electrons. The van der Waals surface area contributed by atoms with Gasteiger partial charge in [0.1, 0.15) is 0 Å². The Balaban J connectivity index is 2.15. The van der Waals surface area contributed by atoms with Crippen LogP contribution in [0.15, 0.2) is 28.7 Å². The summed E-state index contributed by atoms with van der Waals surface area (Å²) in [6.45, 7) is 4.45. The smallest absolute Gasteiger partial charge is 0.0175 e. The second-order valence-electron chi connectivity index (χ2n) is 3.48. The van der Waals surface area contributed by atoms with Crippen molar-refractivity contribution in [3.8, 4) is 0 Å². The minimum atomic E-state index is 1.08. The minimum Gasteiger partial charge on any atom is -0.316 e. The van der Waals surface area contributed by atoms with Gasteiger partial charge in [0.05, 0.1) is 0 Å². The number of halogens is 1. The van der Waals surface area contributed by atoms with Crippen LogP contribution < -0.4 is 5.32 Å². The summed E-state index contributed by atoms with van der Waals surface area (Å²) in [5, 5.41) is 3.44. The lowest BCUT2D eigenvalue weighted by Crippen LogP contribution is -2.18. The number of unbranched alkanes of at least 4 members (excludes halogenated alkanes) is 1. The third-order valence-electron chi connectivity index (χ3n) is 2.21. The van der Waals surface area contributed by atoms with E-state index in [0.717, 1.165) is 24.0 Å². The zero-order valence-electron chi connectivity index (χ0n) is 8.72. The van der Waals surface area contributed by atoms with E-state index >= 15 is 0 Å². The summed E-state index contributed by atoms with van der Waals surface area (Å²) in [7, 11) is 0. The van der Waals surface area contributed by atoms with Crippen LogP contribution in [0.2, 0.25) is 0 Å². The van der Waals surface area contributed by atoms with Crippen LogP contribution >= 0.6 is 15.9 Å². The minimum absolute atomic E-state index is 1.08. The van der Waals surface area contributed by atoms with Crippen molar-refractivity contribution < 1.29 is 0 Å². The number of hydrogen-bond acceptors (Lipinski definition) is 1. The Kier molecular flexibility index (Phi) is 5.88. The Bertz CT molecular complexity index is 243. The molecule has 0 aliphatic carbocycles. The van der Waals surface area contributed by atoms with Gasteiger partial charge in [-0.1, -0.05) is 41.4 Å². The fourth-order valence-corrected chi connectivity index (χ4v) is 1.57. The van der Waals surface area contributed by atoms with Crippen LogP contribution in [-0.4, -0.2) is 13.1 Å². The van der Waals surface area contributed by atoms with Crippen molar-refractivity contribution in [3.63, 3.8) is 0 Å². The zero-order valence-corrected chi connectivity index (χ0v) is 10.3. The summed E-state index contributed by atoms with van der Waals surface area (Å²) < 4.78 is 1.15. The summed E-state index contributed by atoms with van der Waals surface area (Å²) in [5.74, 6) is 0. The molecule has 0 saturated carbocycles. The molecule has 2 heteroatoms. The average Bonchev–Trinajstić information content (AvgIpc) is 2.21. The molecular weight excluding hydrogens is 238 g/mol. The van der Waals surface area contributed by atoms with Crippen molar-refractivity contribution in [2.24, 2.45) is 0 Å². The second kappa shape index (κ2) is 7.02. The predicted octanol–water partition coefficient (Wildman–Crippen LogP) is 3.38. The molecule has 14 heavy (non-hydrogen) atoms. The van der Waals surface area contributed by atoms with Gasteiger partial charge in [-0.05, 0) is 43.6 Å². The first-order chi connectivity index (χ1) is 6.83. The third kappa shape index (κ3) is 4.77. The van der Waals surface area contributed by atoms with Gasteiger partial charge in [-0.2, -0.15) is 0 Å². The predicted molar refractivity (Wildman–Crippen MR) is 65.6 cm³/mol. The molecule has 1 N–H and O–H groups in total. The topological polar surface area (TPSA) is 12.0 Å². The first-order valence-corrected chi connectivity index (χ1v) is 6.07. The summed E-state index contributed by atoms with van der Waals surface area (Å²) in [4.78, 5) is 0. The van der Waals surface area contributed by atoms with E-state index in [9.17, 15) is 0 Å². The molecule has 0 spiro atoms. The standard InChI is InChI=1S/C12H18BrN/c1-2-3-9-14-10-8-11-4-6-12(13)7-5-11/h4-7,14H,2-3,8-10H2,1H3. The maximum absolute atomic E-state index is 3.44. The number of benzene rings is 1. The molecule has 1 rings (SSSR count). The molecule has 1 aromatic rings. The third-order valence-corrected chi connectivity index (χ3v) is 2.74. The zero-order chi connectivity index (χ0) is 10.2. The molecule has 0 saturated heterocycles. The van der Waals surface area contributed by atoms with Crippen molar-refractivity contribution >= 4 is 15.9 Å². The van der Waals surface area contributed by atoms with E-state index in [4.69, 9.17) is 0 Å². The highest BCUT2D eigenvalue weighted by atomic mass is 79.9. The molecule has 0 aliphatic rings. The van der Waals surface area contributed by atoms with Gasteiger partial charge in [-0.3, -0.25) is 0 Å². The molecule has 0 atom stereocenters. The van der Waals surface area contributed by atoms with E-state index in [1.165, 1.54) is 18.4 Å². The molecule has 0 amide bonds. The Labute approximate surface area is 95.0 Å². The summed E-state index contributed by atoms with van der Waals surface area (Å²) >= 11 is 3.43. The Hall–Kier alpha value is -0.340. The van der Waals surface area contributed by atoms with Crippen LogP contribution in [0.3, 0.4) is 0 Å². The van der Waals surface area contributed by atoms with Gasteiger partial charge < -0.3 is 5.32 Å². The van der Waals surface area contributed by atoms with Gasteiger partial charge in [0.2, 0.25) is 0 Å². The van der Waals surface area contributed by atoms with Gasteiger partial charge in [0.25, 0.3) is 0 Å². The molecule has 1 aromatic carbocycles. The van der Waals surface area contributed by atoms with E-state index in [0.29, 0.717) is 0 Å². The quantitative estimate of drug-likeness (QED) is 0.769. The monoisotopic (exact) mass is 255 g/mol. The van der Waals surface area contributed by atoms with Crippen molar-refractivity contribution in [2.45, 2.75) is 26.2 Å². The molecule has 0 bridgehead atoms. The molecule has 78 valence electrons. The van der Waals surface area contributed by atoms with Crippen molar-refractivity contribution in [1.82, 2.24) is 5.32 Å². The van der Waals surface area contributed by atoms with Crippen LogP contribution in [0.1, 0.15) is 25.3 Å². The second-order valence-corrected chi connectivity index (χ2v) is 4.40. The highest BCUT2D eigenvalue weighted by Crippen LogP contribution is 2.10.